The standard InChI is InChI=1S/C9H11FO2/c1-6(11)9(10)7-3-2-4-8(12)5-7/h2-6,9,11-12H,1H3. The van der Waals surface area contributed by atoms with E-state index in [0.29, 0.717) is 5.56 Å². The summed E-state index contributed by atoms with van der Waals surface area (Å²) in [5, 5.41) is 17.9. The number of hydrogen-bond acceptors (Lipinski definition) is 2. The van der Waals surface area contributed by atoms with Gasteiger partial charge in [-0.1, -0.05) is 12.1 Å². The van der Waals surface area contributed by atoms with Crippen molar-refractivity contribution in [1.29, 1.82) is 0 Å². The van der Waals surface area contributed by atoms with Gasteiger partial charge in [-0.25, -0.2) is 4.39 Å². The van der Waals surface area contributed by atoms with Crippen LogP contribution in [0.15, 0.2) is 24.3 Å². The Morgan fingerprint density at radius 1 is 1.42 bits per heavy atom. The molecule has 0 aliphatic heterocycles. The van der Waals surface area contributed by atoms with Gasteiger partial charge in [0.1, 0.15) is 5.75 Å². The van der Waals surface area contributed by atoms with Crippen molar-refractivity contribution in [3.05, 3.63) is 29.8 Å². The number of benzene rings is 1. The van der Waals surface area contributed by atoms with Crippen molar-refractivity contribution in [2.45, 2.75) is 19.2 Å². The summed E-state index contributed by atoms with van der Waals surface area (Å²) >= 11 is 0. The Kier molecular flexibility index (Phi) is 2.65. The summed E-state index contributed by atoms with van der Waals surface area (Å²) in [5.74, 6) is 0.0100. The first-order valence-corrected chi connectivity index (χ1v) is 3.72. The number of alkyl halides is 1. The number of aliphatic hydroxyl groups is 1. The van der Waals surface area contributed by atoms with Crippen molar-refractivity contribution >= 4 is 0 Å². The molecule has 0 saturated heterocycles. The third kappa shape index (κ3) is 1.95. The molecule has 0 bridgehead atoms. The molecule has 3 heteroatoms. The van der Waals surface area contributed by atoms with Crippen LogP contribution >= 0.6 is 0 Å². The summed E-state index contributed by atoms with van der Waals surface area (Å²) in [5.41, 5.74) is 0.296. The van der Waals surface area contributed by atoms with Gasteiger partial charge in [-0.3, -0.25) is 0 Å². The maximum Gasteiger partial charge on any atom is 0.151 e. The van der Waals surface area contributed by atoms with Crippen LogP contribution in [0.5, 0.6) is 5.75 Å². The smallest absolute Gasteiger partial charge is 0.151 e. The fourth-order valence-electron chi connectivity index (χ4n) is 0.975. The Morgan fingerprint density at radius 2 is 2.08 bits per heavy atom. The summed E-state index contributed by atoms with van der Waals surface area (Å²) in [6.07, 6.45) is -2.48. The van der Waals surface area contributed by atoms with Crippen LogP contribution < -0.4 is 0 Å². The Morgan fingerprint density at radius 3 is 2.58 bits per heavy atom. The van der Waals surface area contributed by atoms with Crippen molar-refractivity contribution in [1.82, 2.24) is 0 Å². The molecule has 0 spiro atoms. The molecule has 0 aromatic heterocycles. The number of aromatic hydroxyl groups is 1. The zero-order valence-corrected chi connectivity index (χ0v) is 6.74. The lowest BCUT2D eigenvalue weighted by Gasteiger charge is -2.10. The maximum absolute atomic E-state index is 13.1. The van der Waals surface area contributed by atoms with E-state index < -0.39 is 12.3 Å². The van der Waals surface area contributed by atoms with E-state index in [2.05, 4.69) is 0 Å². The summed E-state index contributed by atoms with van der Waals surface area (Å²) in [6, 6.07) is 5.83. The number of phenolic OH excluding ortho intramolecular Hbond substituents is 1. The lowest BCUT2D eigenvalue weighted by molar-refractivity contribution is 0.0932. The average molecular weight is 170 g/mol. The van der Waals surface area contributed by atoms with E-state index in [1.807, 2.05) is 0 Å². The second-order valence-electron chi connectivity index (χ2n) is 2.74. The highest BCUT2D eigenvalue weighted by atomic mass is 19.1. The summed E-state index contributed by atoms with van der Waals surface area (Å²) < 4.78 is 13.1. The molecule has 0 radical (unpaired) electrons. The van der Waals surface area contributed by atoms with Gasteiger partial charge < -0.3 is 10.2 Å². The number of hydrogen-bond donors (Lipinski definition) is 2. The van der Waals surface area contributed by atoms with E-state index in [9.17, 15) is 4.39 Å². The molecule has 0 amide bonds. The minimum Gasteiger partial charge on any atom is -0.508 e. The van der Waals surface area contributed by atoms with Crippen LogP contribution in [0.3, 0.4) is 0 Å². The Bertz CT molecular complexity index is 260. The largest absolute Gasteiger partial charge is 0.508 e. The molecule has 2 N–H and O–H groups in total. The Labute approximate surface area is 70.3 Å². The first-order chi connectivity index (χ1) is 5.61. The van der Waals surface area contributed by atoms with Crippen LogP contribution in [0, 0.1) is 0 Å². The number of phenols is 1. The van der Waals surface area contributed by atoms with E-state index in [1.165, 1.54) is 25.1 Å². The lowest BCUT2D eigenvalue weighted by Crippen LogP contribution is -2.09. The minimum atomic E-state index is -1.43. The molecule has 2 nitrogen and oxygen atoms in total. The quantitative estimate of drug-likeness (QED) is 0.710. The third-order valence-electron chi connectivity index (χ3n) is 1.61. The van der Waals surface area contributed by atoms with Crippen molar-refractivity contribution < 1.29 is 14.6 Å². The predicted octanol–water partition coefficient (Wildman–Crippen LogP) is 1.78. The molecular formula is C9H11FO2. The topological polar surface area (TPSA) is 40.5 Å². The molecular weight excluding hydrogens is 159 g/mol. The molecule has 0 heterocycles. The van der Waals surface area contributed by atoms with E-state index in [0.717, 1.165) is 0 Å². The van der Waals surface area contributed by atoms with Gasteiger partial charge in [-0.2, -0.15) is 0 Å². The number of halogens is 1. The average Bonchev–Trinajstić information content (AvgIpc) is 2.03. The molecule has 0 saturated carbocycles. The van der Waals surface area contributed by atoms with Crippen LogP contribution in [0.2, 0.25) is 0 Å². The third-order valence-corrected chi connectivity index (χ3v) is 1.61. The van der Waals surface area contributed by atoms with Gasteiger partial charge in [0.2, 0.25) is 0 Å². The van der Waals surface area contributed by atoms with Gasteiger partial charge in [-0.15, -0.1) is 0 Å². The Balaban J connectivity index is 2.88. The van der Waals surface area contributed by atoms with Crippen LogP contribution in [0.25, 0.3) is 0 Å². The molecule has 0 fully saturated rings. The molecule has 66 valence electrons. The van der Waals surface area contributed by atoms with Gasteiger partial charge in [0, 0.05) is 0 Å². The number of rotatable bonds is 2. The van der Waals surface area contributed by atoms with Crippen molar-refractivity contribution in [2.24, 2.45) is 0 Å². The molecule has 1 rings (SSSR count). The normalized spacial score (nSPS) is 15.6. The van der Waals surface area contributed by atoms with Crippen LogP contribution in [-0.4, -0.2) is 16.3 Å². The molecule has 0 aliphatic carbocycles. The van der Waals surface area contributed by atoms with E-state index in [1.54, 1.807) is 6.07 Å². The van der Waals surface area contributed by atoms with E-state index in [-0.39, 0.29) is 5.75 Å². The second kappa shape index (κ2) is 3.54. The molecule has 1 aromatic rings. The maximum atomic E-state index is 13.1. The van der Waals surface area contributed by atoms with Gasteiger partial charge >= 0.3 is 0 Å². The van der Waals surface area contributed by atoms with Crippen LogP contribution in [-0.2, 0) is 0 Å². The zero-order chi connectivity index (χ0) is 9.14. The van der Waals surface area contributed by atoms with E-state index >= 15 is 0 Å². The summed E-state index contributed by atoms with van der Waals surface area (Å²) in [6.45, 7) is 1.37. The van der Waals surface area contributed by atoms with Gasteiger partial charge in [-0.05, 0) is 24.6 Å². The second-order valence-corrected chi connectivity index (χ2v) is 2.74. The minimum absolute atomic E-state index is 0.0100. The SMILES string of the molecule is CC(O)C(F)c1cccc(O)c1. The zero-order valence-electron chi connectivity index (χ0n) is 6.74. The molecule has 12 heavy (non-hydrogen) atoms. The monoisotopic (exact) mass is 170 g/mol. The first-order valence-electron chi connectivity index (χ1n) is 3.72. The highest BCUT2D eigenvalue weighted by Gasteiger charge is 2.15. The molecule has 2 atom stereocenters. The number of aliphatic hydroxyl groups excluding tert-OH is 1. The highest BCUT2D eigenvalue weighted by Crippen LogP contribution is 2.23. The fraction of sp³-hybridized carbons (Fsp3) is 0.333. The first kappa shape index (κ1) is 9.00. The van der Waals surface area contributed by atoms with Crippen LogP contribution in [0.4, 0.5) is 4.39 Å². The van der Waals surface area contributed by atoms with E-state index in [4.69, 9.17) is 10.2 Å². The molecule has 2 unspecified atom stereocenters. The molecule has 1 aromatic carbocycles. The van der Waals surface area contributed by atoms with Gasteiger partial charge in [0.15, 0.2) is 6.17 Å². The van der Waals surface area contributed by atoms with Crippen molar-refractivity contribution in [3.63, 3.8) is 0 Å². The lowest BCUT2D eigenvalue weighted by atomic mass is 10.1. The van der Waals surface area contributed by atoms with Crippen molar-refractivity contribution in [3.8, 4) is 5.75 Å². The summed E-state index contributed by atoms with van der Waals surface area (Å²) in [4.78, 5) is 0. The highest BCUT2D eigenvalue weighted by molar-refractivity contribution is 5.28. The van der Waals surface area contributed by atoms with Gasteiger partial charge in [0.05, 0.1) is 6.10 Å². The molecule has 0 aliphatic rings. The van der Waals surface area contributed by atoms with Gasteiger partial charge in [0.25, 0.3) is 0 Å². The summed E-state index contributed by atoms with van der Waals surface area (Å²) in [7, 11) is 0. The Hall–Kier alpha value is -1.09. The van der Waals surface area contributed by atoms with Crippen molar-refractivity contribution in [2.75, 3.05) is 0 Å². The fourth-order valence-corrected chi connectivity index (χ4v) is 0.975. The predicted molar refractivity (Wildman–Crippen MR) is 43.6 cm³/mol. The van der Waals surface area contributed by atoms with Crippen LogP contribution in [0.1, 0.15) is 18.7 Å².